The quantitative estimate of drug-likeness (QED) is 0.290. The largest absolute Gasteiger partial charge is 0.480 e. The van der Waals surface area contributed by atoms with Gasteiger partial charge in [0.15, 0.2) is 0 Å². The SMILES string of the molecule is CCC(C)C(NC(=O)C1CCCN1C(=O)C(N)CC(C)C)C(=O)NC(Cc1cnc[nH]1)C(=O)O. The number of H-pyrrole nitrogens is 1. The highest BCUT2D eigenvalue weighted by Crippen LogP contribution is 2.21. The van der Waals surface area contributed by atoms with Gasteiger partial charge in [0.05, 0.1) is 12.4 Å². The van der Waals surface area contributed by atoms with Crippen LogP contribution in [-0.2, 0) is 25.6 Å². The molecule has 0 bridgehead atoms. The first-order valence-corrected chi connectivity index (χ1v) is 11.9. The standard InChI is InChI=1S/C23H38N6O5/c1-5-14(4)19(21(31)27-17(23(33)34)10-15-11-25-12-26-15)28-20(30)18-7-6-8-29(18)22(32)16(24)9-13(2)3/h11-14,16-19H,5-10,24H2,1-4H3,(H,25,26)(H,27,31)(H,28,30)(H,33,34). The van der Waals surface area contributed by atoms with Crippen LogP contribution in [0.15, 0.2) is 12.5 Å². The Balaban J connectivity index is 2.10. The molecule has 1 aromatic heterocycles. The molecule has 2 heterocycles. The third-order valence-electron chi connectivity index (χ3n) is 6.27. The zero-order valence-corrected chi connectivity index (χ0v) is 20.4. The van der Waals surface area contributed by atoms with Gasteiger partial charge in [-0.15, -0.1) is 0 Å². The number of carbonyl (C=O) groups is 4. The van der Waals surface area contributed by atoms with E-state index in [1.807, 2.05) is 27.7 Å². The number of rotatable bonds is 12. The van der Waals surface area contributed by atoms with Crippen LogP contribution < -0.4 is 16.4 Å². The second-order valence-corrected chi connectivity index (χ2v) is 9.48. The van der Waals surface area contributed by atoms with Crippen molar-refractivity contribution in [1.82, 2.24) is 25.5 Å². The van der Waals surface area contributed by atoms with Gasteiger partial charge < -0.3 is 31.4 Å². The van der Waals surface area contributed by atoms with Crippen LogP contribution in [0, 0.1) is 11.8 Å². The minimum atomic E-state index is -1.19. The Hall–Kier alpha value is -2.95. The monoisotopic (exact) mass is 478 g/mol. The fourth-order valence-electron chi connectivity index (χ4n) is 4.15. The van der Waals surface area contributed by atoms with E-state index in [2.05, 4.69) is 20.6 Å². The summed E-state index contributed by atoms with van der Waals surface area (Å²) in [7, 11) is 0. The molecular formula is C23H38N6O5. The van der Waals surface area contributed by atoms with Crippen LogP contribution in [0.5, 0.6) is 0 Å². The van der Waals surface area contributed by atoms with Crippen LogP contribution in [0.2, 0.25) is 0 Å². The molecule has 6 N–H and O–H groups in total. The number of imidazole rings is 1. The number of aromatic nitrogens is 2. The number of amides is 3. The van der Waals surface area contributed by atoms with Crippen molar-refractivity contribution in [3.8, 4) is 0 Å². The average Bonchev–Trinajstić information content (AvgIpc) is 3.47. The van der Waals surface area contributed by atoms with Crippen molar-refractivity contribution in [2.24, 2.45) is 17.6 Å². The number of nitrogens with one attached hydrogen (secondary N) is 3. The lowest BCUT2D eigenvalue weighted by Crippen LogP contribution is -2.58. The third-order valence-corrected chi connectivity index (χ3v) is 6.27. The number of carboxylic acid groups (broad SMARTS) is 1. The molecule has 1 aromatic rings. The molecule has 3 amide bonds. The van der Waals surface area contributed by atoms with E-state index in [4.69, 9.17) is 5.73 Å². The van der Waals surface area contributed by atoms with Gasteiger partial charge in [-0.1, -0.05) is 34.1 Å². The predicted molar refractivity (Wildman–Crippen MR) is 125 cm³/mol. The summed E-state index contributed by atoms with van der Waals surface area (Å²) in [6, 6.07) is -3.51. The molecule has 1 aliphatic rings. The molecule has 1 saturated heterocycles. The summed E-state index contributed by atoms with van der Waals surface area (Å²) in [5.41, 5.74) is 6.63. The third kappa shape index (κ3) is 7.28. The summed E-state index contributed by atoms with van der Waals surface area (Å²) in [6.07, 6.45) is 5.21. The summed E-state index contributed by atoms with van der Waals surface area (Å²) in [5, 5.41) is 14.9. The van der Waals surface area contributed by atoms with Gasteiger partial charge in [0.25, 0.3) is 0 Å². The molecule has 11 nitrogen and oxygen atoms in total. The second-order valence-electron chi connectivity index (χ2n) is 9.48. The lowest BCUT2D eigenvalue weighted by molar-refractivity contribution is -0.143. The maximum atomic E-state index is 13.2. The maximum absolute atomic E-state index is 13.2. The van der Waals surface area contributed by atoms with Crippen molar-refractivity contribution < 1.29 is 24.3 Å². The normalized spacial score (nSPS) is 19.4. The number of nitrogens with two attached hydrogens (primary N) is 1. The van der Waals surface area contributed by atoms with Gasteiger partial charge in [-0.25, -0.2) is 9.78 Å². The number of carboxylic acids is 1. The molecule has 34 heavy (non-hydrogen) atoms. The van der Waals surface area contributed by atoms with E-state index in [0.29, 0.717) is 37.9 Å². The molecule has 0 aliphatic carbocycles. The van der Waals surface area contributed by atoms with Gasteiger partial charge in [0, 0.05) is 24.9 Å². The van der Waals surface area contributed by atoms with Crippen molar-refractivity contribution >= 4 is 23.7 Å². The smallest absolute Gasteiger partial charge is 0.326 e. The van der Waals surface area contributed by atoms with Crippen molar-refractivity contribution in [2.75, 3.05) is 6.54 Å². The van der Waals surface area contributed by atoms with Gasteiger partial charge in [0.2, 0.25) is 17.7 Å². The topological polar surface area (TPSA) is 171 Å². The molecule has 2 rings (SSSR count). The first-order chi connectivity index (χ1) is 16.0. The number of hydrogen-bond donors (Lipinski definition) is 5. The van der Waals surface area contributed by atoms with E-state index >= 15 is 0 Å². The maximum Gasteiger partial charge on any atom is 0.326 e. The fourth-order valence-corrected chi connectivity index (χ4v) is 4.15. The fraction of sp³-hybridized carbons (Fsp3) is 0.696. The molecular weight excluding hydrogens is 440 g/mol. The molecule has 5 unspecified atom stereocenters. The average molecular weight is 479 g/mol. The Morgan fingerprint density at radius 1 is 1.26 bits per heavy atom. The van der Waals surface area contributed by atoms with Gasteiger partial charge in [-0.05, 0) is 31.1 Å². The second kappa shape index (κ2) is 12.5. The van der Waals surface area contributed by atoms with Crippen LogP contribution in [0.4, 0.5) is 0 Å². The Labute approximate surface area is 200 Å². The Kier molecular flexibility index (Phi) is 10.0. The number of aromatic amines is 1. The number of hydrogen-bond acceptors (Lipinski definition) is 6. The Morgan fingerprint density at radius 2 is 1.97 bits per heavy atom. The molecule has 190 valence electrons. The van der Waals surface area contributed by atoms with E-state index in [-0.39, 0.29) is 24.2 Å². The molecule has 0 radical (unpaired) electrons. The van der Waals surface area contributed by atoms with Gasteiger partial charge in [0.1, 0.15) is 18.1 Å². The molecule has 1 fully saturated rings. The number of carbonyl (C=O) groups excluding carboxylic acids is 3. The van der Waals surface area contributed by atoms with Gasteiger partial charge >= 0.3 is 5.97 Å². The summed E-state index contributed by atoms with van der Waals surface area (Å²) in [5.74, 6) is -2.47. The highest BCUT2D eigenvalue weighted by Gasteiger charge is 2.38. The molecule has 0 saturated carbocycles. The summed E-state index contributed by atoms with van der Waals surface area (Å²) >= 11 is 0. The zero-order valence-electron chi connectivity index (χ0n) is 20.4. The Bertz CT molecular complexity index is 843. The zero-order chi connectivity index (χ0) is 25.4. The van der Waals surface area contributed by atoms with Crippen LogP contribution in [0.1, 0.15) is 59.1 Å². The minimum Gasteiger partial charge on any atom is -0.480 e. The van der Waals surface area contributed by atoms with Gasteiger partial charge in [-0.2, -0.15) is 0 Å². The van der Waals surface area contributed by atoms with E-state index < -0.39 is 42.0 Å². The number of likely N-dealkylation sites (tertiary alicyclic amines) is 1. The minimum absolute atomic E-state index is 0.0287. The van der Waals surface area contributed by atoms with Crippen molar-refractivity contribution in [2.45, 2.75) is 84.0 Å². The lowest BCUT2D eigenvalue weighted by Gasteiger charge is -2.30. The van der Waals surface area contributed by atoms with Crippen LogP contribution in [-0.4, -0.2) is 74.4 Å². The Morgan fingerprint density at radius 3 is 2.53 bits per heavy atom. The van der Waals surface area contributed by atoms with Crippen molar-refractivity contribution in [1.29, 1.82) is 0 Å². The van der Waals surface area contributed by atoms with E-state index in [0.717, 1.165) is 0 Å². The predicted octanol–water partition coefficient (Wildman–Crippen LogP) is 0.417. The molecule has 0 aromatic carbocycles. The summed E-state index contributed by atoms with van der Waals surface area (Å²) in [6.45, 7) is 8.09. The summed E-state index contributed by atoms with van der Waals surface area (Å²) < 4.78 is 0. The van der Waals surface area contributed by atoms with E-state index in [9.17, 15) is 24.3 Å². The van der Waals surface area contributed by atoms with Crippen molar-refractivity contribution in [3.63, 3.8) is 0 Å². The molecule has 5 atom stereocenters. The van der Waals surface area contributed by atoms with E-state index in [1.165, 1.54) is 17.4 Å². The van der Waals surface area contributed by atoms with Crippen LogP contribution >= 0.6 is 0 Å². The molecule has 11 heteroatoms. The number of nitrogens with zero attached hydrogens (tertiary/aromatic N) is 2. The van der Waals surface area contributed by atoms with Crippen LogP contribution in [0.25, 0.3) is 0 Å². The first-order valence-electron chi connectivity index (χ1n) is 11.9. The molecule has 0 spiro atoms. The van der Waals surface area contributed by atoms with Gasteiger partial charge in [-0.3, -0.25) is 14.4 Å². The van der Waals surface area contributed by atoms with E-state index in [1.54, 1.807) is 0 Å². The highest BCUT2D eigenvalue weighted by atomic mass is 16.4. The van der Waals surface area contributed by atoms with Crippen molar-refractivity contribution in [3.05, 3.63) is 18.2 Å². The molecule has 1 aliphatic heterocycles. The lowest BCUT2D eigenvalue weighted by atomic mass is 9.97. The summed E-state index contributed by atoms with van der Waals surface area (Å²) in [4.78, 5) is 59.0. The highest BCUT2D eigenvalue weighted by molar-refractivity contribution is 5.94. The number of aliphatic carboxylic acids is 1. The van der Waals surface area contributed by atoms with Crippen LogP contribution in [0.3, 0.4) is 0 Å². The first kappa shape index (κ1) is 27.3.